The predicted octanol–water partition coefficient (Wildman–Crippen LogP) is 12.9. The van der Waals surface area contributed by atoms with Gasteiger partial charge < -0.3 is 0 Å². The highest BCUT2D eigenvalue weighted by atomic mass is 32.1. The molecule has 3 aromatic heterocycles. The third-order valence-electron chi connectivity index (χ3n) is 9.36. The van der Waals surface area contributed by atoms with E-state index in [1.54, 1.807) is 22.7 Å². The fraction of sp³-hybridized carbons (Fsp3) is 0. The van der Waals surface area contributed by atoms with Gasteiger partial charge in [-0.25, -0.2) is 19.9 Å². The van der Waals surface area contributed by atoms with E-state index in [-0.39, 0.29) is 0 Å². The molecule has 0 amide bonds. The molecule has 7 aromatic carbocycles. The summed E-state index contributed by atoms with van der Waals surface area (Å²) in [5, 5.41) is 3.38. The first-order valence-electron chi connectivity index (χ1n) is 17.1. The van der Waals surface area contributed by atoms with Crippen LogP contribution in [-0.4, -0.2) is 19.9 Å². The van der Waals surface area contributed by atoms with Crippen LogP contribution < -0.4 is 0 Å². The molecule has 0 aliphatic heterocycles. The molecule has 0 spiro atoms. The Morgan fingerprint density at radius 1 is 0.327 bits per heavy atom. The smallest absolute Gasteiger partial charge is 0.165 e. The molecule has 0 aliphatic carbocycles. The van der Waals surface area contributed by atoms with Crippen molar-refractivity contribution in [3.63, 3.8) is 0 Å². The van der Waals surface area contributed by atoms with Crippen LogP contribution in [0.4, 0.5) is 0 Å². The van der Waals surface area contributed by atoms with Crippen molar-refractivity contribution in [1.29, 1.82) is 0 Å². The highest BCUT2D eigenvalue weighted by molar-refractivity contribution is 7.27. The van der Waals surface area contributed by atoms with Crippen LogP contribution in [-0.2, 0) is 0 Å². The second-order valence-corrected chi connectivity index (χ2v) is 14.7. The molecule has 0 atom stereocenters. The predicted molar refractivity (Wildman–Crippen MR) is 219 cm³/mol. The summed E-state index contributed by atoms with van der Waals surface area (Å²) in [6, 6.07) is 59.2. The van der Waals surface area contributed by atoms with Gasteiger partial charge in [0, 0.05) is 42.4 Å². The van der Waals surface area contributed by atoms with Crippen LogP contribution in [0.15, 0.2) is 170 Å². The zero-order valence-corrected chi connectivity index (χ0v) is 29.4. The standard InChI is InChI=1S/C46H28N4S2/c1-4-14-29(15-5-1)34-27-37-36-23-13-22-35(30-16-6-2-7-17-30)41(36)52-42(37)38(28-34)45-49-43(31-18-8-3-9-19-31)48-44(50-45)32-20-12-21-33(26-32)46-47-39-24-10-11-25-40(39)51-46/h1-28H. The van der Waals surface area contributed by atoms with Crippen LogP contribution in [0.5, 0.6) is 0 Å². The first-order valence-corrected chi connectivity index (χ1v) is 18.8. The second kappa shape index (κ2) is 12.8. The third-order valence-corrected chi connectivity index (χ3v) is 11.7. The Bertz CT molecular complexity index is 2870. The van der Waals surface area contributed by atoms with Crippen LogP contribution in [0, 0.1) is 0 Å². The van der Waals surface area contributed by atoms with Crippen LogP contribution in [0.25, 0.3) is 97.4 Å². The van der Waals surface area contributed by atoms with Crippen LogP contribution >= 0.6 is 22.7 Å². The number of benzene rings is 7. The summed E-state index contributed by atoms with van der Waals surface area (Å²) in [4.78, 5) is 20.5. The number of thiazole rings is 1. The number of nitrogens with zero attached hydrogens (tertiary/aromatic N) is 4. The fourth-order valence-electron chi connectivity index (χ4n) is 6.84. The molecule has 244 valence electrons. The minimum Gasteiger partial charge on any atom is -0.236 e. The van der Waals surface area contributed by atoms with E-state index in [2.05, 4.69) is 146 Å². The topological polar surface area (TPSA) is 51.6 Å². The molecule has 10 aromatic rings. The SMILES string of the molecule is c1ccc(-c2cc(-c3nc(-c4ccccc4)nc(-c4cccc(-c5nc6ccccc6s5)c4)n3)c3sc4c(-c5ccccc5)cccc4c3c2)cc1. The quantitative estimate of drug-likeness (QED) is 0.173. The summed E-state index contributed by atoms with van der Waals surface area (Å²) < 4.78 is 3.56. The van der Waals surface area contributed by atoms with E-state index < -0.39 is 0 Å². The van der Waals surface area contributed by atoms with Gasteiger partial charge in [0.2, 0.25) is 0 Å². The van der Waals surface area contributed by atoms with E-state index in [0.717, 1.165) is 53.3 Å². The Hall–Kier alpha value is -6.34. The van der Waals surface area contributed by atoms with Gasteiger partial charge >= 0.3 is 0 Å². The molecule has 6 heteroatoms. The van der Waals surface area contributed by atoms with Crippen molar-refractivity contribution in [2.24, 2.45) is 0 Å². The summed E-state index contributed by atoms with van der Waals surface area (Å²) in [5.74, 6) is 1.90. The average Bonchev–Trinajstić information content (AvgIpc) is 3.84. The number of para-hydroxylation sites is 1. The monoisotopic (exact) mass is 700 g/mol. The van der Waals surface area contributed by atoms with Gasteiger partial charge in [0.05, 0.1) is 10.2 Å². The van der Waals surface area contributed by atoms with E-state index in [1.807, 2.05) is 24.3 Å². The van der Waals surface area contributed by atoms with Crippen molar-refractivity contribution in [2.45, 2.75) is 0 Å². The lowest BCUT2D eigenvalue weighted by Crippen LogP contribution is -2.00. The maximum atomic E-state index is 5.28. The van der Waals surface area contributed by atoms with Gasteiger partial charge in [-0.2, -0.15) is 0 Å². The van der Waals surface area contributed by atoms with Crippen LogP contribution in [0.1, 0.15) is 0 Å². The lowest BCUT2D eigenvalue weighted by atomic mass is 9.97. The fourth-order valence-corrected chi connectivity index (χ4v) is 9.13. The minimum atomic E-state index is 0.621. The largest absolute Gasteiger partial charge is 0.236 e. The Morgan fingerprint density at radius 2 is 0.923 bits per heavy atom. The Kier molecular flexibility index (Phi) is 7.48. The van der Waals surface area contributed by atoms with Crippen molar-refractivity contribution in [3.8, 4) is 67.0 Å². The Labute approximate surface area is 308 Å². The molecule has 0 aliphatic rings. The van der Waals surface area contributed by atoms with Gasteiger partial charge in [-0.05, 0) is 52.6 Å². The molecule has 0 saturated heterocycles. The zero-order chi connectivity index (χ0) is 34.4. The van der Waals surface area contributed by atoms with Crippen LogP contribution in [0.3, 0.4) is 0 Å². The number of hydrogen-bond donors (Lipinski definition) is 0. The molecule has 3 heterocycles. The first kappa shape index (κ1) is 30.5. The molecule has 0 N–H and O–H groups in total. The highest BCUT2D eigenvalue weighted by Crippen LogP contribution is 2.45. The molecule has 0 unspecified atom stereocenters. The maximum absolute atomic E-state index is 5.28. The molecule has 52 heavy (non-hydrogen) atoms. The molecule has 0 bridgehead atoms. The second-order valence-electron chi connectivity index (χ2n) is 12.7. The van der Waals surface area contributed by atoms with Crippen molar-refractivity contribution in [2.75, 3.05) is 0 Å². The molecule has 0 fully saturated rings. The molecule has 4 nitrogen and oxygen atoms in total. The lowest BCUT2D eigenvalue weighted by molar-refractivity contribution is 1.08. The Morgan fingerprint density at radius 3 is 1.69 bits per heavy atom. The van der Waals surface area contributed by atoms with Crippen molar-refractivity contribution in [3.05, 3.63) is 170 Å². The van der Waals surface area contributed by atoms with Gasteiger partial charge in [-0.1, -0.05) is 140 Å². The van der Waals surface area contributed by atoms with Crippen LogP contribution in [0.2, 0.25) is 0 Å². The van der Waals surface area contributed by atoms with E-state index in [0.29, 0.717) is 17.5 Å². The van der Waals surface area contributed by atoms with Gasteiger partial charge in [0.15, 0.2) is 17.5 Å². The summed E-state index contributed by atoms with van der Waals surface area (Å²) in [6.07, 6.45) is 0. The summed E-state index contributed by atoms with van der Waals surface area (Å²) in [6.45, 7) is 0. The van der Waals surface area contributed by atoms with Gasteiger partial charge in [0.25, 0.3) is 0 Å². The summed E-state index contributed by atoms with van der Waals surface area (Å²) >= 11 is 3.50. The number of aromatic nitrogens is 4. The zero-order valence-electron chi connectivity index (χ0n) is 27.8. The van der Waals surface area contributed by atoms with Gasteiger partial charge in [-0.15, -0.1) is 22.7 Å². The van der Waals surface area contributed by atoms with Gasteiger partial charge in [-0.3, -0.25) is 0 Å². The van der Waals surface area contributed by atoms with Gasteiger partial charge in [0.1, 0.15) is 5.01 Å². The number of hydrogen-bond acceptors (Lipinski definition) is 6. The molecular weight excluding hydrogens is 673 g/mol. The normalized spacial score (nSPS) is 11.5. The Balaban J connectivity index is 1.22. The molecule has 0 radical (unpaired) electrons. The number of fused-ring (bicyclic) bond motifs is 4. The average molecular weight is 701 g/mol. The molecular formula is C46H28N4S2. The molecule has 10 rings (SSSR count). The number of thiophene rings is 1. The summed E-state index contributed by atoms with van der Waals surface area (Å²) in [7, 11) is 0. The summed E-state index contributed by atoms with van der Waals surface area (Å²) in [5.41, 5.74) is 9.56. The minimum absolute atomic E-state index is 0.621. The number of rotatable bonds is 6. The first-order chi connectivity index (χ1) is 25.7. The molecule has 0 saturated carbocycles. The van der Waals surface area contributed by atoms with Crippen molar-refractivity contribution >= 4 is 53.1 Å². The maximum Gasteiger partial charge on any atom is 0.165 e. The van der Waals surface area contributed by atoms with E-state index in [9.17, 15) is 0 Å². The van der Waals surface area contributed by atoms with E-state index >= 15 is 0 Å². The van der Waals surface area contributed by atoms with Crippen molar-refractivity contribution < 1.29 is 0 Å². The lowest BCUT2D eigenvalue weighted by Gasteiger charge is -2.11. The third kappa shape index (κ3) is 5.46. The van der Waals surface area contributed by atoms with E-state index in [4.69, 9.17) is 19.9 Å². The highest BCUT2D eigenvalue weighted by Gasteiger charge is 2.20. The van der Waals surface area contributed by atoms with Crippen molar-refractivity contribution in [1.82, 2.24) is 19.9 Å². The van der Waals surface area contributed by atoms with E-state index in [1.165, 1.54) is 26.6 Å².